The lowest BCUT2D eigenvalue weighted by molar-refractivity contribution is -0.165. The molecule has 3 aromatic rings. The van der Waals surface area contributed by atoms with Crippen LogP contribution in [0.1, 0.15) is 19.8 Å². The van der Waals surface area contributed by atoms with Gasteiger partial charge in [0, 0.05) is 37.3 Å². The molecule has 1 aliphatic heterocycles. The molecule has 1 aliphatic carbocycles. The van der Waals surface area contributed by atoms with E-state index >= 15 is 0 Å². The summed E-state index contributed by atoms with van der Waals surface area (Å²) in [6, 6.07) is 0. The van der Waals surface area contributed by atoms with Gasteiger partial charge in [-0.2, -0.15) is 10.2 Å². The summed E-state index contributed by atoms with van der Waals surface area (Å²) >= 11 is 0. The van der Waals surface area contributed by atoms with Gasteiger partial charge < -0.3 is 4.74 Å². The summed E-state index contributed by atoms with van der Waals surface area (Å²) in [7, 11) is 1.83. The van der Waals surface area contributed by atoms with Gasteiger partial charge in [-0.25, -0.2) is 13.9 Å². The number of halogens is 1. The van der Waals surface area contributed by atoms with Gasteiger partial charge in [0.1, 0.15) is 5.60 Å². The second kappa shape index (κ2) is 6.64. The zero-order chi connectivity index (χ0) is 20.9. The summed E-state index contributed by atoms with van der Waals surface area (Å²) in [6.45, 7) is 4.50. The fraction of sp³-hybridized carbons (Fsp3) is 0.429. The van der Waals surface area contributed by atoms with Gasteiger partial charge in [-0.1, -0.05) is 5.92 Å². The third kappa shape index (κ3) is 3.13. The second-order valence-electron chi connectivity index (χ2n) is 8.61. The molecular formula is C21H21FN6O2. The first-order valence-corrected chi connectivity index (χ1v) is 9.75. The Morgan fingerprint density at radius 2 is 2.07 bits per heavy atom. The predicted octanol–water partition coefficient (Wildman–Crippen LogP) is 1.70. The molecule has 0 N–H and O–H groups in total. The van der Waals surface area contributed by atoms with E-state index in [0.29, 0.717) is 18.5 Å². The van der Waals surface area contributed by atoms with E-state index in [2.05, 4.69) is 31.9 Å². The van der Waals surface area contributed by atoms with Crippen molar-refractivity contribution in [3.8, 4) is 29.0 Å². The highest BCUT2D eigenvalue weighted by Gasteiger charge is 2.59. The quantitative estimate of drug-likeness (QED) is 0.483. The van der Waals surface area contributed by atoms with Crippen LogP contribution in [-0.4, -0.2) is 60.8 Å². The smallest absolute Gasteiger partial charge is 0.244 e. The third-order valence-electron chi connectivity index (χ3n) is 5.84. The Kier molecular flexibility index (Phi) is 4.15. The van der Waals surface area contributed by atoms with Crippen molar-refractivity contribution in [2.45, 2.75) is 25.4 Å². The number of ether oxygens (including phenoxy) is 1. The van der Waals surface area contributed by atoms with E-state index in [9.17, 15) is 9.18 Å². The van der Waals surface area contributed by atoms with Crippen LogP contribution in [-0.2, 0) is 11.8 Å². The molecule has 9 heteroatoms. The van der Waals surface area contributed by atoms with Crippen LogP contribution < -0.4 is 4.74 Å². The van der Waals surface area contributed by atoms with Crippen molar-refractivity contribution in [1.29, 1.82) is 0 Å². The summed E-state index contributed by atoms with van der Waals surface area (Å²) in [5.41, 5.74) is 1.45. The summed E-state index contributed by atoms with van der Waals surface area (Å²) < 4.78 is 23.9. The zero-order valence-electron chi connectivity index (χ0n) is 16.8. The fourth-order valence-corrected chi connectivity index (χ4v) is 4.99. The maximum atomic E-state index is 14.4. The average Bonchev–Trinajstić information content (AvgIpc) is 3.25. The number of fused-ring (bicyclic) bond motifs is 1. The maximum Gasteiger partial charge on any atom is 0.244 e. The molecule has 2 aliphatic rings. The topological polar surface area (TPSA) is 77.5 Å². The fourth-order valence-electron chi connectivity index (χ4n) is 4.99. The molecule has 30 heavy (non-hydrogen) atoms. The van der Waals surface area contributed by atoms with Crippen molar-refractivity contribution in [3.05, 3.63) is 30.6 Å². The number of aromatic nitrogens is 5. The zero-order valence-corrected chi connectivity index (χ0v) is 16.8. The highest BCUT2D eigenvalue weighted by atomic mass is 19.1. The van der Waals surface area contributed by atoms with Crippen molar-refractivity contribution in [1.82, 2.24) is 29.3 Å². The highest BCUT2D eigenvalue weighted by molar-refractivity contribution is 5.72. The second-order valence-corrected chi connectivity index (χ2v) is 8.61. The van der Waals surface area contributed by atoms with Crippen LogP contribution in [0.25, 0.3) is 16.8 Å². The molecule has 0 bridgehead atoms. The number of rotatable bonds is 4. The SMILES string of the molecule is Cn1cc(-c2cn3ncc(F)c3c(OC3(C)CC4(CN(CC#CC=O)C4)C3)n2)cn1. The van der Waals surface area contributed by atoms with Crippen LogP contribution >= 0.6 is 0 Å². The molecule has 0 amide bonds. The molecule has 1 saturated carbocycles. The lowest BCUT2D eigenvalue weighted by atomic mass is 9.56. The summed E-state index contributed by atoms with van der Waals surface area (Å²) in [5, 5.41) is 8.28. The monoisotopic (exact) mass is 408 g/mol. The van der Waals surface area contributed by atoms with E-state index < -0.39 is 11.4 Å². The number of aldehydes is 1. The van der Waals surface area contributed by atoms with Crippen molar-refractivity contribution < 1.29 is 13.9 Å². The molecule has 1 saturated heterocycles. The molecule has 2 fully saturated rings. The lowest BCUT2D eigenvalue weighted by Crippen LogP contribution is -2.68. The molecule has 0 atom stereocenters. The van der Waals surface area contributed by atoms with Gasteiger partial charge in [-0.3, -0.25) is 14.4 Å². The first-order valence-electron chi connectivity index (χ1n) is 9.75. The minimum atomic E-state index is -0.462. The Bertz CT molecular complexity index is 1190. The molecule has 1 spiro atoms. The predicted molar refractivity (Wildman–Crippen MR) is 106 cm³/mol. The van der Waals surface area contributed by atoms with E-state index in [1.54, 1.807) is 17.1 Å². The average molecular weight is 408 g/mol. The van der Waals surface area contributed by atoms with Crippen molar-refractivity contribution in [2.24, 2.45) is 12.5 Å². The molecule has 0 radical (unpaired) electrons. The van der Waals surface area contributed by atoms with Crippen molar-refractivity contribution >= 4 is 11.8 Å². The Morgan fingerprint density at radius 1 is 1.27 bits per heavy atom. The molecule has 4 heterocycles. The van der Waals surface area contributed by atoms with Crippen LogP contribution in [0.5, 0.6) is 5.88 Å². The molecule has 5 rings (SSSR count). The third-order valence-corrected chi connectivity index (χ3v) is 5.84. The normalized spacial score (nSPS) is 19.0. The summed E-state index contributed by atoms with van der Waals surface area (Å²) in [6.07, 6.45) is 8.73. The van der Waals surface area contributed by atoms with Gasteiger partial charge in [-0.05, 0) is 25.7 Å². The van der Waals surface area contributed by atoms with Gasteiger partial charge >= 0.3 is 0 Å². The first kappa shape index (κ1) is 18.8. The Labute approximate surface area is 172 Å². The van der Waals surface area contributed by atoms with Crippen LogP contribution in [0.4, 0.5) is 4.39 Å². The number of hydrogen-bond acceptors (Lipinski definition) is 6. The van der Waals surface area contributed by atoms with Gasteiger partial charge in [-0.15, -0.1) is 0 Å². The van der Waals surface area contributed by atoms with Crippen LogP contribution in [0.3, 0.4) is 0 Å². The Balaban J connectivity index is 1.36. The van der Waals surface area contributed by atoms with Crippen molar-refractivity contribution in [2.75, 3.05) is 19.6 Å². The van der Waals surface area contributed by atoms with E-state index in [1.807, 2.05) is 20.2 Å². The standard InChI is InChI=1S/C21H21FN6O2/c1-20(11-21(12-20)13-27(14-21)5-3-4-6-29)30-19-18-16(22)8-24-28(18)10-17(25-19)15-7-23-26(2)9-15/h6-10H,5,11-14H2,1-2H3. The Morgan fingerprint density at radius 3 is 2.77 bits per heavy atom. The van der Waals surface area contributed by atoms with Gasteiger partial charge in [0.25, 0.3) is 0 Å². The van der Waals surface area contributed by atoms with Crippen molar-refractivity contribution in [3.63, 3.8) is 0 Å². The molecule has 8 nitrogen and oxygen atoms in total. The van der Waals surface area contributed by atoms with E-state index in [-0.39, 0.29) is 16.8 Å². The Hall–Kier alpha value is -3.25. The summed E-state index contributed by atoms with van der Waals surface area (Å²) in [4.78, 5) is 17.1. The van der Waals surface area contributed by atoms with E-state index in [0.717, 1.165) is 31.5 Å². The van der Waals surface area contributed by atoms with Gasteiger partial charge in [0.2, 0.25) is 5.88 Å². The number of aryl methyl sites for hydroxylation is 1. The number of carbonyl (C=O) groups is 1. The first-order chi connectivity index (χ1) is 14.4. The van der Waals surface area contributed by atoms with Gasteiger partial charge in [0.05, 0.1) is 30.8 Å². The number of carbonyl (C=O) groups excluding carboxylic acids is 1. The molecule has 154 valence electrons. The molecular weight excluding hydrogens is 387 g/mol. The number of nitrogens with zero attached hydrogens (tertiary/aromatic N) is 6. The molecule has 0 aromatic carbocycles. The number of hydrogen-bond donors (Lipinski definition) is 0. The maximum absolute atomic E-state index is 14.4. The lowest BCUT2D eigenvalue weighted by Gasteiger charge is -2.62. The minimum absolute atomic E-state index is 0.202. The largest absolute Gasteiger partial charge is 0.470 e. The molecule has 3 aromatic heterocycles. The van der Waals surface area contributed by atoms with Crippen LogP contribution in [0, 0.1) is 23.1 Å². The van der Waals surface area contributed by atoms with Crippen LogP contribution in [0.2, 0.25) is 0 Å². The van der Waals surface area contributed by atoms with E-state index in [4.69, 9.17) is 4.74 Å². The van der Waals surface area contributed by atoms with E-state index in [1.165, 1.54) is 10.7 Å². The minimum Gasteiger partial charge on any atom is -0.470 e. The van der Waals surface area contributed by atoms with Crippen LogP contribution in [0.15, 0.2) is 24.8 Å². The number of likely N-dealkylation sites (tertiary alicyclic amines) is 1. The summed E-state index contributed by atoms with van der Waals surface area (Å²) in [5.74, 6) is 5.07. The molecule has 0 unspecified atom stereocenters. The highest BCUT2D eigenvalue weighted by Crippen LogP contribution is 2.55. The van der Waals surface area contributed by atoms with Gasteiger partial charge in [0.15, 0.2) is 17.6 Å².